The normalized spacial score (nSPS) is 27.6. The van der Waals surface area contributed by atoms with Crippen LogP contribution in [-0.2, 0) is 9.47 Å². The maximum absolute atomic E-state index is 5.59. The van der Waals surface area contributed by atoms with Gasteiger partial charge in [-0.25, -0.2) is 0 Å². The highest BCUT2D eigenvalue weighted by Gasteiger charge is 2.23. The van der Waals surface area contributed by atoms with Crippen LogP contribution in [0.2, 0.25) is 0 Å². The third kappa shape index (κ3) is 1.97. The van der Waals surface area contributed by atoms with Gasteiger partial charge in [0.25, 0.3) is 0 Å². The minimum Gasteiger partial charge on any atom is -0.355 e. The molecule has 0 radical (unpaired) electrons. The summed E-state index contributed by atoms with van der Waals surface area (Å²) >= 11 is 0. The number of aryl methyl sites for hydroxylation is 1. The molecule has 2 atom stereocenters. The van der Waals surface area contributed by atoms with Gasteiger partial charge in [-0.3, -0.25) is 0 Å². The summed E-state index contributed by atoms with van der Waals surface area (Å²) in [5.41, 5.74) is 2.54. The molecule has 0 saturated carbocycles. The molecule has 1 aliphatic heterocycles. The molecule has 0 N–H and O–H groups in total. The quantitative estimate of drug-likeness (QED) is 0.681. The first-order valence-electron chi connectivity index (χ1n) is 5.03. The predicted molar refractivity (Wildman–Crippen MR) is 55.0 cm³/mol. The Kier molecular flexibility index (Phi) is 2.85. The Morgan fingerprint density at radius 3 is 2.57 bits per heavy atom. The zero-order valence-electron chi connectivity index (χ0n) is 8.69. The summed E-state index contributed by atoms with van der Waals surface area (Å²) in [5.74, 6) is 0.437. The van der Waals surface area contributed by atoms with Crippen molar-refractivity contribution in [1.29, 1.82) is 0 Å². The van der Waals surface area contributed by atoms with Crippen molar-refractivity contribution in [2.45, 2.75) is 20.0 Å². The zero-order valence-corrected chi connectivity index (χ0v) is 8.69. The van der Waals surface area contributed by atoms with Crippen LogP contribution in [0.15, 0.2) is 24.3 Å². The van der Waals surface area contributed by atoms with Gasteiger partial charge in [-0.05, 0) is 12.5 Å². The van der Waals surface area contributed by atoms with Gasteiger partial charge in [-0.15, -0.1) is 0 Å². The van der Waals surface area contributed by atoms with Gasteiger partial charge in [-0.1, -0.05) is 36.8 Å². The molecule has 2 nitrogen and oxygen atoms in total. The van der Waals surface area contributed by atoms with Crippen LogP contribution >= 0.6 is 0 Å². The molecular formula is C12H16O2. The summed E-state index contributed by atoms with van der Waals surface area (Å²) in [7, 11) is 0. The maximum atomic E-state index is 5.59. The van der Waals surface area contributed by atoms with E-state index in [1.807, 2.05) is 0 Å². The summed E-state index contributed by atoms with van der Waals surface area (Å²) in [6.45, 7) is 5.46. The molecule has 1 aromatic rings. The fourth-order valence-electron chi connectivity index (χ4n) is 1.79. The molecule has 0 aliphatic carbocycles. The first-order valence-corrected chi connectivity index (χ1v) is 5.03. The molecule has 1 saturated heterocycles. The van der Waals surface area contributed by atoms with Gasteiger partial charge in [0.05, 0.1) is 12.7 Å². The highest BCUT2D eigenvalue weighted by molar-refractivity contribution is 5.23. The van der Waals surface area contributed by atoms with E-state index in [9.17, 15) is 0 Å². The van der Waals surface area contributed by atoms with Gasteiger partial charge in [0, 0.05) is 5.92 Å². The summed E-state index contributed by atoms with van der Waals surface area (Å²) in [6.07, 6.45) is 0.198. The molecule has 1 heterocycles. The van der Waals surface area contributed by atoms with E-state index in [0.717, 1.165) is 6.61 Å². The van der Waals surface area contributed by atoms with Gasteiger partial charge in [0.2, 0.25) is 0 Å². The Morgan fingerprint density at radius 1 is 1.21 bits per heavy atom. The SMILES string of the molecule is Cc1ccc(C2OCOCC2C)cc1. The van der Waals surface area contributed by atoms with Crippen molar-refractivity contribution < 1.29 is 9.47 Å². The molecule has 2 heteroatoms. The first-order chi connectivity index (χ1) is 6.77. The average Bonchev–Trinajstić information content (AvgIpc) is 2.20. The van der Waals surface area contributed by atoms with Gasteiger partial charge in [0.15, 0.2) is 0 Å². The van der Waals surface area contributed by atoms with E-state index in [1.54, 1.807) is 0 Å². The second kappa shape index (κ2) is 4.11. The van der Waals surface area contributed by atoms with Crippen LogP contribution in [0.5, 0.6) is 0 Å². The largest absolute Gasteiger partial charge is 0.355 e. The number of ether oxygens (including phenoxy) is 2. The molecule has 0 spiro atoms. The smallest absolute Gasteiger partial charge is 0.147 e. The molecule has 1 aromatic carbocycles. The van der Waals surface area contributed by atoms with Crippen LogP contribution in [0.3, 0.4) is 0 Å². The second-order valence-corrected chi connectivity index (χ2v) is 3.96. The molecule has 1 aliphatic rings. The lowest BCUT2D eigenvalue weighted by atomic mass is 9.97. The van der Waals surface area contributed by atoms with E-state index in [1.165, 1.54) is 11.1 Å². The van der Waals surface area contributed by atoms with Gasteiger partial charge in [-0.2, -0.15) is 0 Å². The zero-order chi connectivity index (χ0) is 9.97. The van der Waals surface area contributed by atoms with E-state index >= 15 is 0 Å². The lowest BCUT2D eigenvalue weighted by molar-refractivity contribution is -0.168. The topological polar surface area (TPSA) is 18.5 Å². The molecule has 0 amide bonds. The Morgan fingerprint density at radius 2 is 1.93 bits per heavy atom. The summed E-state index contributed by atoms with van der Waals surface area (Å²) in [5, 5.41) is 0. The molecule has 0 bridgehead atoms. The van der Waals surface area contributed by atoms with Gasteiger partial charge >= 0.3 is 0 Å². The maximum Gasteiger partial charge on any atom is 0.147 e. The molecule has 2 rings (SSSR count). The van der Waals surface area contributed by atoms with Crippen molar-refractivity contribution in [1.82, 2.24) is 0 Å². The number of benzene rings is 1. The van der Waals surface area contributed by atoms with E-state index in [-0.39, 0.29) is 6.10 Å². The van der Waals surface area contributed by atoms with Crippen molar-refractivity contribution >= 4 is 0 Å². The van der Waals surface area contributed by atoms with E-state index in [0.29, 0.717) is 12.7 Å². The summed E-state index contributed by atoms with van der Waals surface area (Å²) in [4.78, 5) is 0. The Hall–Kier alpha value is -0.860. The highest BCUT2D eigenvalue weighted by Crippen LogP contribution is 2.29. The van der Waals surface area contributed by atoms with Crippen molar-refractivity contribution in [3.05, 3.63) is 35.4 Å². The van der Waals surface area contributed by atoms with Crippen LogP contribution in [0, 0.1) is 12.8 Å². The third-order valence-corrected chi connectivity index (χ3v) is 2.63. The van der Waals surface area contributed by atoms with Crippen molar-refractivity contribution in [2.75, 3.05) is 13.4 Å². The standard InChI is InChI=1S/C12H16O2/c1-9-3-5-11(6-4-9)12-10(2)7-13-8-14-12/h3-6,10,12H,7-8H2,1-2H3. The Balaban J connectivity index is 2.16. The summed E-state index contributed by atoms with van der Waals surface area (Å²) in [6, 6.07) is 8.53. The van der Waals surface area contributed by atoms with Crippen molar-refractivity contribution in [3.8, 4) is 0 Å². The molecule has 2 unspecified atom stereocenters. The molecule has 14 heavy (non-hydrogen) atoms. The van der Waals surface area contributed by atoms with Crippen LogP contribution in [0.1, 0.15) is 24.2 Å². The number of hydrogen-bond donors (Lipinski definition) is 0. The van der Waals surface area contributed by atoms with Crippen molar-refractivity contribution in [3.63, 3.8) is 0 Å². The molecule has 76 valence electrons. The second-order valence-electron chi connectivity index (χ2n) is 3.96. The first kappa shape index (κ1) is 9.69. The lowest BCUT2D eigenvalue weighted by Gasteiger charge is -2.29. The third-order valence-electron chi connectivity index (χ3n) is 2.63. The molecular weight excluding hydrogens is 176 g/mol. The van der Waals surface area contributed by atoms with Gasteiger partial charge in [0.1, 0.15) is 6.79 Å². The monoisotopic (exact) mass is 192 g/mol. The van der Waals surface area contributed by atoms with E-state index in [2.05, 4.69) is 38.1 Å². The van der Waals surface area contributed by atoms with Crippen LogP contribution in [-0.4, -0.2) is 13.4 Å². The van der Waals surface area contributed by atoms with Crippen LogP contribution in [0.4, 0.5) is 0 Å². The molecule has 0 aromatic heterocycles. The fourth-order valence-corrected chi connectivity index (χ4v) is 1.79. The minimum atomic E-state index is 0.198. The minimum absolute atomic E-state index is 0.198. The van der Waals surface area contributed by atoms with Crippen molar-refractivity contribution in [2.24, 2.45) is 5.92 Å². The lowest BCUT2D eigenvalue weighted by Crippen LogP contribution is -2.25. The Bertz CT molecular complexity index is 292. The number of hydrogen-bond acceptors (Lipinski definition) is 2. The fraction of sp³-hybridized carbons (Fsp3) is 0.500. The van der Waals surface area contributed by atoms with Crippen LogP contribution in [0.25, 0.3) is 0 Å². The van der Waals surface area contributed by atoms with E-state index < -0.39 is 0 Å². The predicted octanol–water partition coefficient (Wildman–Crippen LogP) is 2.68. The van der Waals surface area contributed by atoms with E-state index in [4.69, 9.17) is 9.47 Å². The van der Waals surface area contributed by atoms with Crippen LogP contribution < -0.4 is 0 Å². The molecule has 1 fully saturated rings. The highest BCUT2D eigenvalue weighted by atomic mass is 16.7. The number of rotatable bonds is 1. The summed E-state index contributed by atoms with van der Waals surface area (Å²) < 4.78 is 10.8. The van der Waals surface area contributed by atoms with Gasteiger partial charge < -0.3 is 9.47 Å². The average molecular weight is 192 g/mol. The Labute approximate surface area is 84.8 Å².